The van der Waals surface area contributed by atoms with Crippen molar-refractivity contribution in [1.82, 2.24) is 0 Å². The second kappa shape index (κ2) is 6.75. The fourth-order valence-electron chi connectivity index (χ4n) is 3.31. The van der Waals surface area contributed by atoms with Crippen molar-refractivity contribution in [2.45, 2.75) is 38.5 Å². The summed E-state index contributed by atoms with van der Waals surface area (Å²) in [7, 11) is 0. The third-order valence-electron chi connectivity index (χ3n) is 4.92. The summed E-state index contributed by atoms with van der Waals surface area (Å²) in [5, 5.41) is 2.96. The molecule has 1 fully saturated rings. The van der Waals surface area contributed by atoms with Gasteiger partial charge in [0.2, 0.25) is 11.8 Å². The third kappa shape index (κ3) is 3.76. The van der Waals surface area contributed by atoms with Gasteiger partial charge in [-0.1, -0.05) is 0 Å². The number of aryl methyl sites for hydroxylation is 2. The Hall–Kier alpha value is -2.56. The quantitative estimate of drug-likeness (QED) is 0.876. The zero-order valence-electron chi connectivity index (χ0n) is 14.2. The van der Waals surface area contributed by atoms with Gasteiger partial charge in [-0.3, -0.25) is 9.59 Å². The number of fused-ring (bicyclic) bond motifs is 1. The first-order valence-corrected chi connectivity index (χ1v) is 8.93. The molecule has 2 aromatic rings. The Morgan fingerprint density at radius 3 is 2.88 bits per heavy atom. The van der Waals surface area contributed by atoms with Crippen LogP contribution in [0.4, 0.5) is 11.4 Å². The van der Waals surface area contributed by atoms with Gasteiger partial charge in [0.15, 0.2) is 0 Å². The molecule has 0 radical (unpaired) electrons. The molecule has 4 rings (SSSR count). The van der Waals surface area contributed by atoms with E-state index in [-0.39, 0.29) is 11.8 Å². The highest BCUT2D eigenvalue weighted by Crippen LogP contribution is 2.36. The number of hydrogen-bond acceptors (Lipinski definition) is 3. The Kier molecular flexibility index (Phi) is 4.30. The molecule has 1 aromatic carbocycles. The van der Waals surface area contributed by atoms with Gasteiger partial charge in [-0.25, -0.2) is 0 Å². The van der Waals surface area contributed by atoms with Gasteiger partial charge in [0.1, 0.15) is 0 Å². The number of furan rings is 1. The highest BCUT2D eigenvalue weighted by atomic mass is 16.3. The van der Waals surface area contributed by atoms with Crippen molar-refractivity contribution < 1.29 is 14.0 Å². The number of amides is 2. The van der Waals surface area contributed by atoms with Crippen LogP contribution in [0.5, 0.6) is 0 Å². The van der Waals surface area contributed by atoms with Gasteiger partial charge in [-0.2, -0.15) is 0 Å². The standard InChI is InChI=1S/C20H22N2O3/c23-19(7-3-15-9-10-25-13-15)21-17-5-6-18-16(11-17)4-8-20(24)22(18)12-14-1-2-14/h5-6,9-11,13-14H,1-4,7-8,12H2,(H,21,23). The van der Waals surface area contributed by atoms with Crippen LogP contribution in [-0.4, -0.2) is 18.4 Å². The van der Waals surface area contributed by atoms with Crippen LogP contribution in [0.25, 0.3) is 0 Å². The second-order valence-corrected chi connectivity index (χ2v) is 6.97. The zero-order chi connectivity index (χ0) is 17.2. The molecule has 5 nitrogen and oxygen atoms in total. The maximum absolute atomic E-state index is 12.2. The predicted molar refractivity (Wildman–Crippen MR) is 95.5 cm³/mol. The van der Waals surface area contributed by atoms with Gasteiger partial charge in [-0.15, -0.1) is 0 Å². The number of nitrogens with zero attached hydrogens (tertiary/aromatic N) is 1. The van der Waals surface area contributed by atoms with E-state index in [0.717, 1.165) is 35.5 Å². The van der Waals surface area contributed by atoms with Crippen molar-refractivity contribution in [1.29, 1.82) is 0 Å². The summed E-state index contributed by atoms with van der Waals surface area (Å²) in [4.78, 5) is 26.3. The van der Waals surface area contributed by atoms with E-state index in [1.165, 1.54) is 12.8 Å². The minimum atomic E-state index is -0.0112. The highest BCUT2D eigenvalue weighted by molar-refractivity contribution is 5.97. The molecular formula is C20H22N2O3. The predicted octanol–water partition coefficient (Wildman–Crippen LogP) is 3.54. The van der Waals surface area contributed by atoms with Crippen molar-refractivity contribution in [2.75, 3.05) is 16.8 Å². The Morgan fingerprint density at radius 2 is 2.12 bits per heavy atom. The number of hydrogen-bond donors (Lipinski definition) is 1. The first-order chi connectivity index (χ1) is 12.2. The molecule has 2 heterocycles. The Bertz CT molecular complexity index is 778. The molecule has 1 N–H and O–H groups in total. The summed E-state index contributed by atoms with van der Waals surface area (Å²) in [6.45, 7) is 0.836. The van der Waals surface area contributed by atoms with Gasteiger partial charge in [-0.05, 0) is 67.0 Å². The highest BCUT2D eigenvalue weighted by Gasteiger charge is 2.30. The Morgan fingerprint density at radius 1 is 1.24 bits per heavy atom. The summed E-state index contributed by atoms with van der Waals surface area (Å²) in [5.74, 6) is 0.872. The summed E-state index contributed by atoms with van der Waals surface area (Å²) < 4.78 is 5.01. The lowest BCUT2D eigenvalue weighted by Gasteiger charge is -2.30. The first-order valence-electron chi connectivity index (χ1n) is 8.93. The minimum Gasteiger partial charge on any atom is -0.472 e. The fraction of sp³-hybridized carbons (Fsp3) is 0.400. The molecule has 0 atom stereocenters. The maximum Gasteiger partial charge on any atom is 0.227 e. The molecule has 25 heavy (non-hydrogen) atoms. The molecule has 0 unspecified atom stereocenters. The average Bonchev–Trinajstić information content (AvgIpc) is 3.27. The van der Waals surface area contributed by atoms with E-state index in [4.69, 9.17) is 4.42 Å². The lowest BCUT2D eigenvalue weighted by molar-refractivity contribution is -0.119. The van der Waals surface area contributed by atoms with Crippen LogP contribution in [0.15, 0.2) is 41.2 Å². The van der Waals surface area contributed by atoms with Crippen LogP contribution in [0.1, 0.15) is 36.8 Å². The van der Waals surface area contributed by atoms with Crippen LogP contribution < -0.4 is 10.2 Å². The van der Waals surface area contributed by atoms with E-state index in [2.05, 4.69) is 5.32 Å². The maximum atomic E-state index is 12.2. The fourth-order valence-corrected chi connectivity index (χ4v) is 3.31. The molecule has 5 heteroatoms. The topological polar surface area (TPSA) is 62.6 Å². The largest absolute Gasteiger partial charge is 0.472 e. The molecular weight excluding hydrogens is 316 g/mol. The number of benzene rings is 1. The van der Waals surface area contributed by atoms with E-state index in [1.807, 2.05) is 29.2 Å². The monoisotopic (exact) mass is 338 g/mol. The first kappa shape index (κ1) is 15.9. The summed E-state index contributed by atoms with van der Waals surface area (Å²) in [6, 6.07) is 7.75. The van der Waals surface area contributed by atoms with E-state index in [0.29, 0.717) is 25.2 Å². The van der Waals surface area contributed by atoms with Crippen molar-refractivity contribution in [2.24, 2.45) is 5.92 Å². The Labute approximate surface area is 147 Å². The number of carbonyl (C=O) groups is 2. The number of anilines is 2. The average molecular weight is 338 g/mol. The molecule has 0 bridgehead atoms. The zero-order valence-corrected chi connectivity index (χ0v) is 14.2. The molecule has 1 saturated carbocycles. The molecule has 1 aromatic heterocycles. The summed E-state index contributed by atoms with van der Waals surface area (Å²) in [5.41, 5.74) is 3.99. The smallest absolute Gasteiger partial charge is 0.227 e. The van der Waals surface area contributed by atoms with Gasteiger partial charge < -0.3 is 14.6 Å². The normalized spacial score (nSPS) is 16.6. The van der Waals surface area contributed by atoms with Crippen LogP contribution >= 0.6 is 0 Å². The SMILES string of the molecule is O=C(CCc1ccoc1)Nc1ccc2c(c1)CCC(=O)N2CC1CC1. The van der Waals surface area contributed by atoms with Gasteiger partial charge in [0, 0.05) is 30.8 Å². The van der Waals surface area contributed by atoms with Gasteiger partial charge in [0.25, 0.3) is 0 Å². The lowest BCUT2D eigenvalue weighted by atomic mass is 10.00. The molecule has 0 saturated heterocycles. The second-order valence-electron chi connectivity index (χ2n) is 6.97. The Balaban J connectivity index is 1.41. The molecule has 0 spiro atoms. The van der Waals surface area contributed by atoms with Crippen LogP contribution in [0.2, 0.25) is 0 Å². The van der Waals surface area contributed by atoms with Gasteiger partial charge in [0.05, 0.1) is 12.5 Å². The lowest BCUT2D eigenvalue weighted by Crippen LogP contribution is -2.36. The number of nitrogens with one attached hydrogen (secondary N) is 1. The molecule has 1 aliphatic heterocycles. The van der Waals surface area contributed by atoms with Crippen molar-refractivity contribution >= 4 is 23.2 Å². The summed E-state index contributed by atoms with van der Waals surface area (Å²) in [6.07, 6.45) is 8.11. The number of carbonyl (C=O) groups excluding carboxylic acids is 2. The van der Waals surface area contributed by atoms with E-state index >= 15 is 0 Å². The summed E-state index contributed by atoms with van der Waals surface area (Å²) >= 11 is 0. The van der Waals surface area contributed by atoms with Crippen molar-refractivity contribution in [3.8, 4) is 0 Å². The van der Waals surface area contributed by atoms with Crippen LogP contribution in [0.3, 0.4) is 0 Å². The molecule has 2 amide bonds. The van der Waals surface area contributed by atoms with Gasteiger partial charge >= 0.3 is 0 Å². The van der Waals surface area contributed by atoms with Crippen molar-refractivity contribution in [3.63, 3.8) is 0 Å². The van der Waals surface area contributed by atoms with E-state index in [9.17, 15) is 9.59 Å². The molecule has 130 valence electrons. The molecule has 2 aliphatic rings. The van der Waals surface area contributed by atoms with Crippen molar-refractivity contribution in [3.05, 3.63) is 47.9 Å². The third-order valence-corrected chi connectivity index (χ3v) is 4.92. The van der Waals surface area contributed by atoms with E-state index < -0.39 is 0 Å². The minimum absolute atomic E-state index is 0.0112. The van der Waals surface area contributed by atoms with Crippen LogP contribution in [-0.2, 0) is 22.4 Å². The molecule has 1 aliphatic carbocycles. The van der Waals surface area contributed by atoms with Crippen LogP contribution in [0, 0.1) is 5.92 Å². The number of rotatable bonds is 6. The van der Waals surface area contributed by atoms with E-state index in [1.54, 1.807) is 12.5 Å².